The summed E-state index contributed by atoms with van der Waals surface area (Å²) in [7, 11) is -0.945. The first-order chi connectivity index (χ1) is 16.1. The number of carbonyl (C=O) groups is 1. The predicted octanol–water partition coefficient (Wildman–Crippen LogP) is 2.84. The van der Waals surface area contributed by atoms with Crippen molar-refractivity contribution in [1.82, 2.24) is 9.13 Å². The van der Waals surface area contributed by atoms with Crippen LogP contribution in [-0.4, -0.2) is 28.4 Å². The number of para-hydroxylation sites is 1. The zero-order valence-corrected chi connectivity index (χ0v) is 18.9. The minimum Gasteiger partial charge on any atom is -0.322 e. The molecule has 1 heterocycles. The van der Waals surface area contributed by atoms with Gasteiger partial charge in [0.05, 0.1) is 32.1 Å². The zero-order valence-electron chi connectivity index (χ0n) is 18.1. The van der Waals surface area contributed by atoms with Crippen molar-refractivity contribution in [2.45, 2.75) is 4.90 Å². The molecule has 0 aliphatic carbocycles. The number of benzene rings is 3. The van der Waals surface area contributed by atoms with Crippen LogP contribution in [0.3, 0.4) is 0 Å². The fraction of sp³-hybridized carbons (Fsp3) is 0.0909. The van der Waals surface area contributed by atoms with Crippen LogP contribution in [0.4, 0.5) is 17.1 Å². The third kappa shape index (κ3) is 4.13. The Morgan fingerprint density at radius 3 is 2.38 bits per heavy atom. The Balaban J connectivity index is 1.63. The van der Waals surface area contributed by atoms with Crippen molar-refractivity contribution in [2.24, 2.45) is 14.1 Å². The van der Waals surface area contributed by atoms with Crippen LogP contribution >= 0.6 is 0 Å². The highest BCUT2D eigenvalue weighted by molar-refractivity contribution is 7.92. The van der Waals surface area contributed by atoms with Crippen LogP contribution < -0.4 is 15.7 Å². The van der Waals surface area contributed by atoms with Gasteiger partial charge in [0.2, 0.25) is 0 Å². The highest BCUT2D eigenvalue weighted by Gasteiger charge is 2.21. The number of hydrogen-bond acceptors (Lipinski definition) is 6. The molecule has 0 spiro atoms. The maximum atomic E-state index is 13.0. The number of nitro benzene ring substituents is 1. The monoisotopic (exact) mass is 481 g/mol. The second-order valence-corrected chi connectivity index (χ2v) is 9.15. The number of nitrogens with zero attached hydrogens (tertiary/aromatic N) is 3. The largest absolute Gasteiger partial charge is 0.328 e. The van der Waals surface area contributed by atoms with Crippen LogP contribution in [-0.2, 0) is 24.1 Å². The van der Waals surface area contributed by atoms with Gasteiger partial charge >= 0.3 is 5.69 Å². The van der Waals surface area contributed by atoms with Crippen LogP contribution in [0.25, 0.3) is 11.0 Å². The minimum atomic E-state index is -4.21. The average Bonchev–Trinajstić information content (AvgIpc) is 3.02. The van der Waals surface area contributed by atoms with Crippen LogP contribution in [0, 0.1) is 10.1 Å². The highest BCUT2D eigenvalue weighted by Crippen LogP contribution is 2.24. The number of nitro groups is 1. The van der Waals surface area contributed by atoms with Gasteiger partial charge in [-0.3, -0.25) is 28.8 Å². The molecule has 11 nitrogen and oxygen atoms in total. The summed E-state index contributed by atoms with van der Waals surface area (Å²) in [5.41, 5.74) is 1.17. The number of carbonyl (C=O) groups excluding carboxylic acids is 1. The Bertz CT molecular complexity index is 1620. The SMILES string of the molecule is Cn1c(=O)n(C)c2cc(NC(=O)c3ccccc3NS(=O)(=O)c3cccc([N+](=O)[O-])c3)ccc21. The third-order valence-electron chi connectivity index (χ3n) is 5.28. The average molecular weight is 481 g/mol. The fourth-order valence-corrected chi connectivity index (χ4v) is 4.64. The molecule has 3 aromatic carbocycles. The molecular weight excluding hydrogens is 462 g/mol. The number of amides is 1. The van der Waals surface area contributed by atoms with Gasteiger partial charge in [0.1, 0.15) is 0 Å². The Hall–Kier alpha value is -4.45. The van der Waals surface area contributed by atoms with E-state index in [1.54, 1.807) is 44.4 Å². The second-order valence-electron chi connectivity index (χ2n) is 7.46. The summed E-state index contributed by atoms with van der Waals surface area (Å²) in [6.07, 6.45) is 0. The normalized spacial score (nSPS) is 11.4. The van der Waals surface area contributed by atoms with Crippen molar-refractivity contribution in [2.75, 3.05) is 10.0 Å². The lowest BCUT2D eigenvalue weighted by molar-refractivity contribution is -0.385. The molecule has 0 aliphatic heterocycles. The van der Waals surface area contributed by atoms with Gasteiger partial charge in [0.15, 0.2) is 0 Å². The number of hydrogen-bond donors (Lipinski definition) is 2. The first-order valence-corrected chi connectivity index (χ1v) is 11.4. The number of fused-ring (bicyclic) bond motifs is 1. The van der Waals surface area contributed by atoms with E-state index in [2.05, 4.69) is 10.0 Å². The first-order valence-electron chi connectivity index (χ1n) is 9.91. The summed E-state index contributed by atoms with van der Waals surface area (Å²) < 4.78 is 30.9. The molecule has 0 saturated heterocycles. The summed E-state index contributed by atoms with van der Waals surface area (Å²) in [6, 6.07) is 15.5. The molecule has 4 aromatic rings. The Kier molecular flexibility index (Phi) is 5.67. The Morgan fingerprint density at radius 2 is 1.65 bits per heavy atom. The smallest absolute Gasteiger partial charge is 0.322 e. The fourth-order valence-electron chi connectivity index (χ4n) is 3.52. The van der Waals surface area contributed by atoms with Gasteiger partial charge in [0.25, 0.3) is 21.6 Å². The standard InChI is InChI=1S/C22H19N5O6S/c1-25-19-11-10-14(12-20(19)26(2)22(25)29)23-21(28)17-8-3-4-9-18(17)24-34(32,33)16-7-5-6-15(13-16)27(30)31/h3-13,24H,1-2H3,(H,23,28). The summed E-state index contributed by atoms with van der Waals surface area (Å²) >= 11 is 0. The molecule has 0 bridgehead atoms. The van der Waals surface area contributed by atoms with Gasteiger partial charge < -0.3 is 5.32 Å². The van der Waals surface area contributed by atoms with Crippen LogP contribution in [0.2, 0.25) is 0 Å². The van der Waals surface area contributed by atoms with Gasteiger partial charge in [-0.1, -0.05) is 18.2 Å². The molecule has 1 aromatic heterocycles. The molecule has 1 amide bonds. The predicted molar refractivity (Wildman–Crippen MR) is 126 cm³/mol. The van der Waals surface area contributed by atoms with Gasteiger partial charge in [-0.25, -0.2) is 13.2 Å². The van der Waals surface area contributed by atoms with E-state index in [-0.39, 0.29) is 27.5 Å². The number of imidazole rings is 1. The van der Waals surface area contributed by atoms with Crippen molar-refractivity contribution in [3.63, 3.8) is 0 Å². The van der Waals surface area contributed by atoms with Gasteiger partial charge in [0, 0.05) is 31.9 Å². The molecular formula is C22H19N5O6S. The van der Waals surface area contributed by atoms with Crippen molar-refractivity contribution in [3.05, 3.63) is 92.9 Å². The van der Waals surface area contributed by atoms with E-state index >= 15 is 0 Å². The number of sulfonamides is 1. The summed E-state index contributed by atoms with van der Waals surface area (Å²) in [6.45, 7) is 0. The zero-order chi connectivity index (χ0) is 24.6. The molecule has 4 rings (SSSR count). The number of anilines is 2. The number of aromatic nitrogens is 2. The van der Waals surface area contributed by atoms with Gasteiger partial charge in [-0.15, -0.1) is 0 Å². The quantitative estimate of drug-likeness (QED) is 0.320. The van der Waals surface area contributed by atoms with Gasteiger partial charge in [-0.05, 0) is 36.4 Å². The van der Waals surface area contributed by atoms with Crippen molar-refractivity contribution >= 4 is 44.0 Å². The summed E-state index contributed by atoms with van der Waals surface area (Å²) in [5.74, 6) is -0.586. The topological polar surface area (TPSA) is 145 Å². The molecule has 12 heteroatoms. The second kappa shape index (κ2) is 8.48. The molecule has 0 atom stereocenters. The van der Waals surface area contributed by atoms with Crippen molar-refractivity contribution < 1.29 is 18.1 Å². The minimum absolute atomic E-state index is 0.000282. The maximum absolute atomic E-state index is 13.0. The number of aryl methyl sites for hydroxylation is 2. The first kappa shape index (κ1) is 22.7. The molecule has 0 saturated carbocycles. The van der Waals surface area contributed by atoms with E-state index in [1.165, 1.54) is 39.5 Å². The molecule has 0 fully saturated rings. The molecule has 2 N–H and O–H groups in total. The lowest BCUT2D eigenvalue weighted by atomic mass is 10.1. The molecule has 0 radical (unpaired) electrons. The van der Waals surface area contributed by atoms with E-state index in [4.69, 9.17) is 0 Å². The number of non-ortho nitro benzene ring substituents is 1. The lowest BCUT2D eigenvalue weighted by Gasteiger charge is -2.13. The van der Waals surface area contributed by atoms with E-state index < -0.39 is 20.9 Å². The van der Waals surface area contributed by atoms with Crippen LogP contribution in [0.1, 0.15) is 10.4 Å². The number of nitrogens with one attached hydrogen (secondary N) is 2. The van der Waals surface area contributed by atoms with E-state index in [0.29, 0.717) is 16.7 Å². The van der Waals surface area contributed by atoms with Crippen molar-refractivity contribution in [1.29, 1.82) is 0 Å². The highest BCUT2D eigenvalue weighted by atomic mass is 32.2. The molecule has 174 valence electrons. The molecule has 34 heavy (non-hydrogen) atoms. The van der Waals surface area contributed by atoms with Crippen molar-refractivity contribution in [3.8, 4) is 0 Å². The maximum Gasteiger partial charge on any atom is 0.328 e. The summed E-state index contributed by atoms with van der Waals surface area (Å²) in [4.78, 5) is 35.1. The Labute approximate surface area is 193 Å². The van der Waals surface area contributed by atoms with E-state index in [9.17, 15) is 28.1 Å². The van der Waals surface area contributed by atoms with Gasteiger partial charge in [-0.2, -0.15) is 0 Å². The Morgan fingerprint density at radius 1 is 0.941 bits per heavy atom. The molecule has 0 aliphatic rings. The van der Waals surface area contributed by atoms with E-state index in [1.807, 2.05) is 0 Å². The van der Waals surface area contributed by atoms with Crippen LogP contribution in [0.15, 0.2) is 76.4 Å². The summed E-state index contributed by atoms with van der Waals surface area (Å²) in [5, 5.41) is 13.7. The molecule has 0 unspecified atom stereocenters. The third-order valence-corrected chi connectivity index (χ3v) is 6.65. The van der Waals surface area contributed by atoms with E-state index in [0.717, 1.165) is 6.07 Å². The van der Waals surface area contributed by atoms with Crippen LogP contribution in [0.5, 0.6) is 0 Å². The number of rotatable bonds is 6. The lowest BCUT2D eigenvalue weighted by Crippen LogP contribution is -2.19.